The summed E-state index contributed by atoms with van der Waals surface area (Å²) >= 11 is 0. The maximum Gasteiger partial charge on any atom is 0.00671 e. The Morgan fingerprint density at radius 2 is 1.80 bits per heavy atom. The Balaban J connectivity index is 2.13. The molecule has 1 rings (SSSR count). The van der Waals surface area contributed by atoms with E-state index in [1.165, 1.54) is 51.5 Å². The standard InChI is InChI=1S/C14H29N/c1-4-8-12(2)11-15-13(3)14-9-6-5-7-10-14/h12-15H,4-11H2,1-3H3/t12?,13-/m0/s1. The van der Waals surface area contributed by atoms with Crippen molar-refractivity contribution in [3.05, 3.63) is 0 Å². The summed E-state index contributed by atoms with van der Waals surface area (Å²) in [7, 11) is 0. The fraction of sp³-hybridized carbons (Fsp3) is 1.00. The van der Waals surface area contributed by atoms with Gasteiger partial charge in [0, 0.05) is 6.04 Å². The fourth-order valence-electron chi connectivity index (χ4n) is 2.78. The first kappa shape index (κ1) is 13.0. The molecule has 1 unspecified atom stereocenters. The largest absolute Gasteiger partial charge is 0.314 e. The van der Waals surface area contributed by atoms with Gasteiger partial charge in [-0.1, -0.05) is 39.5 Å². The van der Waals surface area contributed by atoms with E-state index in [9.17, 15) is 0 Å². The second-order valence-electron chi connectivity index (χ2n) is 5.49. The highest BCUT2D eigenvalue weighted by molar-refractivity contribution is 4.76. The van der Waals surface area contributed by atoms with E-state index < -0.39 is 0 Å². The van der Waals surface area contributed by atoms with Gasteiger partial charge < -0.3 is 5.32 Å². The molecule has 1 fully saturated rings. The SMILES string of the molecule is CCCC(C)CN[C@@H](C)C1CCCCC1. The molecule has 0 bridgehead atoms. The lowest BCUT2D eigenvalue weighted by Crippen LogP contribution is -2.37. The molecular weight excluding hydrogens is 182 g/mol. The van der Waals surface area contributed by atoms with E-state index >= 15 is 0 Å². The van der Waals surface area contributed by atoms with Gasteiger partial charge in [0.25, 0.3) is 0 Å². The summed E-state index contributed by atoms with van der Waals surface area (Å²) in [5.74, 6) is 1.80. The molecule has 0 aromatic heterocycles. The second-order valence-corrected chi connectivity index (χ2v) is 5.49. The highest BCUT2D eigenvalue weighted by atomic mass is 14.9. The maximum atomic E-state index is 3.74. The first-order chi connectivity index (χ1) is 7.24. The first-order valence-corrected chi connectivity index (χ1v) is 6.97. The maximum absolute atomic E-state index is 3.74. The van der Waals surface area contributed by atoms with Crippen LogP contribution in [-0.4, -0.2) is 12.6 Å². The smallest absolute Gasteiger partial charge is 0.00671 e. The van der Waals surface area contributed by atoms with Gasteiger partial charge in [0.2, 0.25) is 0 Å². The van der Waals surface area contributed by atoms with Crippen molar-refractivity contribution in [3.63, 3.8) is 0 Å². The Labute approximate surface area is 96.0 Å². The zero-order valence-electron chi connectivity index (χ0n) is 10.9. The predicted molar refractivity (Wildman–Crippen MR) is 68.1 cm³/mol. The molecule has 0 aromatic carbocycles. The molecule has 1 heteroatoms. The quantitative estimate of drug-likeness (QED) is 0.700. The molecule has 1 saturated carbocycles. The average Bonchev–Trinajstić information content (AvgIpc) is 2.27. The molecule has 0 aliphatic heterocycles. The minimum absolute atomic E-state index is 0.740. The van der Waals surface area contributed by atoms with Crippen molar-refractivity contribution in [2.45, 2.75) is 71.8 Å². The molecule has 15 heavy (non-hydrogen) atoms. The Morgan fingerprint density at radius 1 is 1.13 bits per heavy atom. The van der Waals surface area contributed by atoms with Crippen LogP contribution in [0.5, 0.6) is 0 Å². The van der Waals surface area contributed by atoms with Crippen molar-refractivity contribution in [1.82, 2.24) is 5.32 Å². The number of nitrogens with one attached hydrogen (secondary N) is 1. The second kappa shape index (κ2) is 7.27. The van der Waals surface area contributed by atoms with Crippen LogP contribution in [0.25, 0.3) is 0 Å². The summed E-state index contributed by atoms with van der Waals surface area (Å²) in [5, 5.41) is 3.74. The van der Waals surface area contributed by atoms with Crippen LogP contribution in [0.2, 0.25) is 0 Å². The summed E-state index contributed by atoms with van der Waals surface area (Å²) in [4.78, 5) is 0. The summed E-state index contributed by atoms with van der Waals surface area (Å²) in [6.07, 6.45) is 9.98. The fourth-order valence-corrected chi connectivity index (χ4v) is 2.78. The Morgan fingerprint density at radius 3 is 2.40 bits per heavy atom. The number of hydrogen-bond donors (Lipinski definition) is 1. The summed E-state index contributed by atoms with van der Waals surface area (Å²) in [6.45, 7) is 8.24. The average molecular weight is 211 g/mol. The molecule has 1 aliphatic rings. The highest BCUT2D eigenvalue weighted by Crippen LogP contribution is 2.26. The van der Waals surface area contributed by atoms with Crippen LogP contribution in [-0.2, 0) is 0 Å². The molecule has 2 atom stereocenters. The summed E-state index contributed by atoms with van der Waals surface area (Å²) in [5.41, 5.74) is 0. The molecule has 0 saturated heterocycles. The van der Waals surface area contributed by atoms with Gasteiger partial charge in [0.15, 0.2) is 0 Å². The number of hydrogen-bond acceptors (Lipinski definition) is 1. The van der Waals surface area contributed by atoms with Crippen LogP contribution in [0.4, 0.5) is 0 Å². The third-order valence-electron chi connectivity index (χ3n) is 3.93. The Bertz CT molecular complexity index is 149. The van der Waals surface area contributed by atoms with E-state index in [1.807, 2.05) is 0 Å². The van der Waals surface area contributed by atoms with Gasteiger partial charge in [-0.25, -0.2) is 0 Å². The Hall–Kier alpha value is -0.0400. The van der Waals surface area contributed by atoms with Crippen molar-refractivity contribution in [1.29, 1.82) is 0 Å². The molecule has 0 radical (unpaired) electrons. The van der Waals surface area contributed by atoms with Crippen LogP contribution in [0, 0.1) is 11.8 Å². The van der Waals surface area contributed by atoms with Crippen LogP contribution < -0.4 is 5.32 Å². The molecule has 1 N–H and O–H groups in total. The van der Waals surface area contributed by atoms with Crippen LogP contribution in [0.3, 0.4) is 0 Å². The van der Waals surface area contributed by atoms with Gasteiger partial charge in [-0.05, 0) is 44.6 Å². The molecule has 0 aromatic rings. The summed E-state index contributed by atoms with van der Waals surface area (Å²) < 4.78 is 0. The lowest BCUT2D eigenvalue weighted by atomic mass is 9.84. The molecule has 1 nitrogen and oxygen atoms in total. The van der Waals surface area contributed by atoms with E-state index in [1.54, 1.807) is 0 Å². The van der Waals surface area contributed by atoms with Crippen LogP contribution in [0.1, 0.15) is 65.7 Å². The van der Waals surface area contributed by atoms with Gasteiger partial charge in [0.1, 0.15) is 0 Å². The summed E-state index contributed by atoms with van der Waals surface area (Å²) in [6, 6.07) is 0.740. The normalized spacial score (nSPS) is 22.6. The zero-order valence-corrected chi connectivity index (χ0v) is 10.9. The highest BCUT2D eigenvalue weighted by Gasteiger charge is 2.19. The molecule has 90 valence electrons. The van der Waals surface area contributed by atoms with Crippen molar-refractivity contribution < 1.29 is 0 Å². The van der Waals surface area contributed by atoms with E-state index in [0.29, 0.717) is 0 Å². The number of rotatable bonds is 6. The van der Waals surface area contributed by atoms with Gasteiger partial charge in [-0.15, -0.1) is 0 Å². The first-order valence-electron chi connectivity index (χ1n) is 6.97. The molecule has 1 aliphatic carbocycles. The van der Waals surface area contributed by atoms with E-state index in [4.69, 9.17) is 0 Å². The van der Waals surface area contributed by atoms with Gasteiger partial charge in [0.05, 0.1) is 0 Å². The predicted octanol–water partition coefficient (Wildman–Crippen LogP) is 3.98. The monoisotopic (exact) mass is 211 g/mol. The van der Waals surface area contributed by atoms with Gasteiger partial charge in [-0.2, -0.15) is 0 Å². The third-order valence-corrected chi connectivity index (χ3v) is 3.93. The van der Waals surface area contributed by atoms with Gasteiger partial charge >= 0.3 is 0 Å². The minimum atomic E-state index is 0.740. The third kappa shape index (κ3) is 5.01. The van der Waals surface area contributed by atoms with Crippen molar-refractivity contribution in [2.24, 2.45) is 11.8 Å². The van der Waals surface area contributed by atoms with Crippen LogP contribution in [0.15, 0.2) is 0 Å². The minimum Gasteiger partial charge on any atom is -0.314 e. The lowest BCUT2D eigenvalue weighted by Gasteiger charge is -2.29. The van der Waals surface area contributed by atoms with Crippen molar-refractivity contribution in [2.75, 3.05) is 6.54 Å². The van der Waals surface area contributed by atoms with Crippen molar-refractivity contribution >= 4 is 0 Å². The van der Waals surface area contributed by atoms with E-state index in [2.05, 4.69) is 26.1 Å². The Kier molecular flexibility index (Phi) is 6.31. The van der Waals surface area contributed by atoms with Crippen molar-refractivity contribution in [3.8, 4) is 0 Å². The lowest BCUT2D eigenvalue weighted by molar-refractivity contribution is 0.272. The molecule has 0 spiro atoms. The van der Waals surface area contributed by atoms with Crippen LogP contribution >= 0.6 is 0 Å². The topological polar surface area (TPSA) is 12.0 Å². The van der Waals surface area contributed by atoms with E-state index in [-0.39, 0.29) is 0 Å². The van der Waals surface area contributed by atoms with Gasteiger partial charge in [-0.3, -0.25) is 0 Å². The van der Waals surface area contributed by atoms with E-state index in [0.717, 1.165) is 17.9 Å². The molecule has 0 heterocycles. The zero-order chi connectivity index (χ0) is 11.1. The molecular formula is C14H29N. The molecule has 0 amide bonds.